The number of methoxy groups -OCH3 is 1. The van der Waals surface area contributed by atoms with E-state index in [-0.39, 0.29) is 11.5 Å². The van der Waals surface area contributed by atoms with Crippen LogP contribution in [0.25, 0.3) is 34.1 Å². The smallest absolute Gasteiger partial charge is 0.227 e. The van der Waals surface area contributed by atoms with Crippen LogP contribution in [0.5, 0.6) is 17.2 Å². The number of benzene rings is 2. The molecule has 7 nitrogen and oxygen atoms in total. The Balaban J connectivity index is 1.99. The first-order valence-electron chi connectivity index (χ1n) is 8.94. The number of H-pyrrole nitrogens is 1. The number of imidazole rings is 1. The van der Waals surface area contributed by atoms with Crippen LogP contribution in [0, 0.1) is 6.92 Å². The number of nitrogens with zero attached hydrogens (tertiary/aromatic N) is 1. The average molecular weight is 469 g/mol. The molecule has 8 heteroatoms. The van der Waals surface area contributed by atoms with E-state index in [0.29, 0.717) is 39.8 Å². The molecule has 152 valence electrons. The average Bonchev–Trinajstić information content (AvgIpc) is 3.17. The summed E-state index contributed by atoms with van der Waals surface area (Å²) in [4.78, 5) is 19.9. The first kappa shape index (κ1) is 19.8. The highest BCUT2D eigenvalue weighted by atomic mass is 79.9. The molecule has 0 saturated heterocycles. The van der Waals surface area contributed by atoms with E-state index in [1.807, 2.05) is 0 Å². The van der Waals surface area contributed by atoms with Crippen LogP contribution in [0.2, 0.25) is 0 Å². The van der Waals surface area contributed by atoms with Crippen LogP contribution in [0.15, 0.2) is 62.2 Å². The van der Waals surface area contributed by atoms with Crippen LogP contribution in [0.1, 0.15) is 5.76 Å². The highest BCUT2D eigenvalue weighted by molar-refractivity contribution is 9.10. The molecule has 4 rings (SSSR count). The van der Waals surface area contributed by atoms with Gasteiger partial charge in [-0.2, -0.15) is 0 Å². The second-order valence-corrected chi connectivity index (χ2v) is 7.51. The molecule has 0 atom stereocenters. The highest BCUT2D eigenvalue weighted by Gasteiger charge is 2.23. The molecule has 0 aliphatic rings. The van der Waals surface area contributed by atoms with Gasteiger partial charge in [0.1, 0.15) is 34.5 Å². The predicted octanol–water partition coefficient (Wildman–Crippen LogP) is 4.85. The molecule has 0 spiro atoms. The van der Waals surface area contributed by atoms with Gasteiger partial charge >= 0.3 is 0 Å². The standard InChI is InChI=1S/C22H17BrN2O5/c1-11-9-17(27)20(28)21(30-11)19-18(12-3-6-14(29-2)7-4-12)24-22(25-19)15-10-13(23)5-8-16(15)26/h3-10,26,28H,1-2H3,(H,24,25). The second kappa shape index (κ2) is 7.72. The molecule has 0 aliphatic heterocycles. The molecular weight excluding hydrogens is 452 g/mol. The first-order valence-corrected chi connectivity index (χ1v) is 9.74. The van der Waals surface area contributed by atoms with E-state index < -0.39 is 11.2 Å². The summed E-state index contributed by atoms with van der Waals surface area (Å²) >= 11 is 3.39. The fraction of sp³-hybridized carbons (Fsp3) is 0.0909. The molecule has 30 heavy (non-hydrogen) atoms. The van der Waals surface area contributed by atoms with E-state index in [4.69, 9.17) is 9.15 Å². The molecule has 0 bridgehead atoms. The Labute approximate surface area is 179 Å². The van der Waals surface area contributed by atoms with Crippen LogP contribution in [0.3, 0.4) is 0 Å². The molecule has 2 aromatic heterocycles. The van der Waals surface area contributed by atoms with Crippen molar-refractivity contribution < 1.29 is 19.4 Å². The number of phenolic OH excluding ortho intramolecular Hbond substituents is 1. The molecule has 4 aromatic rings. The van der Waals surface area contributed by atoms with Crippen LogP contribution in [-0.4, -0.2) is 27.3 Å². The Hall–Kier alpha value is -3.52. The third kappa shape index (κ3) is 3.57. The molecular formula is C22H17BrN2O5. The number of nitrogens with one attached hydrogen (secondary N) is 1. The Morgan fingerprint density at radius 2 is 1.83 bits per heavy atom. The minimum atomic E-state index is -0.559. The number of aromatic nitrogens is 2. The van der Waals surface area contributed by atoms with Crippen LogP contribution >= 0.6 is 15.9 Å². The van der Waals surface area contributed by atoms with E-state index in [1.54, 1.807) is 56.5 Å². The number of aryl methyl sites for hydroxylation is 1. The van der Waals surface area contributed by atoms with Crippen molar-refractivity contribution in [3.8, 4) is 51.3 Å². The molecule has 0 amide bonds. The number of aromatic hydroxyl groups is 2. The number of hydrogen-bond donors (Lipinski definition) is 3. The third-order valence-electron chi connectivity index (χ3n) is 4.55. The van der Waals surface area contributed by atoms with Crippen molar-refractivity contribution >= 4 is 15.9 Å². The van der Waals surface area contributed by atoms with Gasteiger partial charge in [-0.25, -0.2) is 4.98 Å². The van der Waals surface area contributed by atoms with Crippen molar-refractivity contribution in [3.63, 3.8) is 0 Å². The quantitative estimate of drug-likeness (QED) is 0.394. The zero-order valence-electron chi connectivity index (χ0n) is 16.1. The number of ether oxygens (including phenoxy) is 1. The summed E-state index contributed by atoms with van der Waals surface area (Å²) in [5.74, 6) is 0.830. The van der Waals surface area contributed by atoms with Crippen LogP contribution < -0.4 is 10.2 Å². The summed E-state index contributed by atoms with van der Waals surface area (Å²) in [6.07, 6.45) is 0. The zero-order chi connectivity index (χ0) is 21.4. The summed E-state index contributed by atoms with van der Waals surface area (Å²) in [6, 6.07) is 13.3. The number of halogens is 1. The second-order valence-electron chi connectivity index (χ2n) is 6.60. The first-order chi connectivity index (χ1) is 14.4. The van der Waals surface area contributed by atoms with Gasteiger partial charge in [-0.3, -0.25) is 4.79 Å². The SMILES string of the molecule is COc1ccc(-c2nc(-c3cc(Br)ccc3O)[nH]c2-c2oc(C)cc(=O)c2O)cc1. The lowest BCUT2D eigenvalue weighted by Gasteiger charge is -2.06. The topological polar surface area (TPSA) is 109 Å². The van der Waals surface area contributed by atoms with Gasteiger partial charge in [-0.05, 0) is 49.4 Å². The monoisotopic (exact) mass is 468 g/mol. The fourth-order valence-electron chi connectivity index (χ4n) is 3.09. The maximum Gasteiger partial charge on any atom is 0.227 e. The lowest BCUT2D eigenvalue weighted by atomic mass is 10.1. The van der Waals surface area contributed by atoms with E-state index in [1.165, 1.54) is 6.07 Å². The lowest BCUT2D eigenvalue weighted by molar-refractivity contribution is 0.415. The summed E-state index contributed by atoms with van der Waals surface area (Å²) in [7, 11) is 1.57. The lowest BCUT2D eigenvalue weighted by Crippen LogP contribution is -2.01. The Bertz CT molecular complexity index is 1290. The minimum Gasteiger partial charge on any atom is -0.507 e. The maximum atomic E-state index is 12.1. The van der Waals surface area contributed by atoms with Gasteiger partial charge in [-0.15, -0.1) is 0 Å². The Morgan fingerprint density at radius 1 is 1.10 bits per heavy atom. The van der Waals surface area contributed by atoms with E-state index in [0.717, 1.165) is 4.47 Å². The summed E-state index contributed by atoms with van der Waals surface area (Å²) in [5.41, 5.74) is 1.34. The zero-order valence-corrected chi connectivity index (χ0v) is 17.6. The molecule has 0 radical (unpaired) electrons. The summed E-state index contributed by atoms with van der Waals surface area (Å²) < 4.78 is 11.6. The molecule has 0 fully saturated rings. The van der Waals surface area contributed by atoms with Crippen LogP contribution in [0.4, 0.5) is 0 Å². The Morgan fingerprint density at radius 3 is 2.53 bits per heavy atom. The van der Waals surface area contributed by atoms with Crippen molar-refractivity contribution in [3.05, 3.63) is 69.0 Å². The van der Waals surface area contributed by atoms with Crippen molar-refractivity contribution in [2.45, 2.75) is 6.92 Å². The number of hydrogen-bond acceptors (Lipinski definition) is 6. The molecule has 0 unspecified atom stereocenters. The molecule has 0 saturated carbocycles. The summed E-state index contributed by atoms with van der Waals surface area (Å²) in [5, 5.41) is 20.7. The van der Waals surface area contributed by atoms with Crippen molar-refractivity contribution in [2.24, 2.45) is 0 Å². The van der Waals surface area contributed by atoms with Crippen LogP contribution in [-0.2, 0) is 0 Å². The van der Waals surface area contributed by atoms with Gasteiger partial charge in [0.25, 0.3) is 0 Å². The molecule has 0 aliphatic carbocycles. The minimum absolute atomic E-state index is 0.0229. The fourth-order valence-corrected chi connectivity index (χ4v) is 3.46. The van der Waals surface area contributed by atoms with Crippen molar-refractivity contribution in [1.29, 1.82) is 0 Å². The maximum absolute atomic E-state index is 12.1. The summed E-state index contributed by atoms with van der Waals surface area (Å²) in [6.45, 7) is 1.62. The van der Waals surface area contributed by atoms with E-state index >= 15 is 0 Å². The van der Waals surface area contributed by atoms with Gasteiger partial charge < -0.3 is 24.4 Å². The third-order valence-corrected chi connectivity index (χ3v) is 5.05. The van der Waals surface area contributed by atoms with Gasteiger partial charge in [0, 0.05) is 16.1 Å². The molecule has 2 aromatic carbocycles. The van der Waals surface area contributed by atoms with E-state index in [9.17, 15) is 15.0 Å². The highest BCUT2D eigenvalue weighted by Crippen LogP contribution is 2.39. The van der Waals surface area contributed by atoms with Gasteiger partial charge in [0.2, 0.25) is 11.2 Å². The van der Waals surface area contributed by atoms with Gasteiger partial charge in [-0.1, -0.05) is 15.9 Å². The van der Waals surface area contributed by atoms with Crippen molar-refractivity contribution in [1.82, 2.24) is 9.97 Å². The molecule has 3 N–H and O–H groups in total. The van der Waals surface area contributed by atoms with Crippen molar-refractivity contribution in [2.75, 3.05) is 7.11 Å². The Kier molecular flexibility index (Phi) is 5.09. The van der Waals surface area contributed by atoms with E-state index in [2.05, 4.69) is 25.9 Å². The normalized spacial score (nSPS) is 10.9. The number of aromatic amines is 1. The molecule has 2 heterocycles. The number of rotatable bonds is 4. The predicted molar refractivity (Wildman–Crippen MR) is 116 cm³/mol. The number of phenols is 1. The van der Waals surface area contributed by atoms with Gasteiger partial charge in [0.05, 0.1) is 12.7 Å². The largest absolute Gasteiger partial charge is 0.507 e. The van der Waals surface area contributed by atoms with Gasteiger partial charge in [0.15, 0.2) is 5.76 Å².